The summed E-state index contributed by atoms with van der Waals surface area (Å²) in [6.07, 6.45) is 1.99. The lowest BCUT2D eigenvalue weighted by atomic mass is 10.1. The maximum atomic E-state index is 5.18. The molecule has 0 aliphatic heterocycles. The van der Waals surface area contributed by atoms with Crippen LogP contribution < -0.4 is 4.74 Å². The summed E-state index contributed by atoms with van der Waals surface area (Å²) in [5, 5.41) is 10.6. The molecular weight excluding hydrogens is 290 g/mol. The average Bonchev–Trinajstić information content (AvgIpc) is 2.87. The van der Waals surface area contributed by atoms with Crippen LogP contribution in [0.1, 0.15) is 5.01 Å². The van der Waals surface area contributed by atoms with E-state index in [1.165, 1.54) is 0 Å². The van der Waals surface area contributed by atoms with E-state index < -0.39 is 0 Å². The Hall–Kier alpha value is -1.66. The minimum Gasteiger partial charge on any atom is -0.497 e. The zero-order chi connectivity index (χ0) is 14.1. The summed E-state index contributed by atoms with van der Waals surface area (Å²) in [6, 6.07) is 7.85. The third-order valence-corrected chi connectivity index (χ3v) is 4.59. The summed E-state index contributed by atoms with van der Waals surface area (Å²) in [5.41, 5.74) is 2.85. The molecule has 0 unspecified atom stereocenters. The fraction of sp³-hybridized carbons (Fsp3) is 0.214. The lowest BCUT2D eigenvalue weighted by Gasteiger charge is -2.04. The van der Waals surface area contributed by atoms with Gasteiger partial charge in [-0.25, -0.2) is 4.98 Å². The molecule has 102 valence electrons. The minimum absolute atomic E-state index is 0.833. The van der Waals surface area contributed by atoms with Crippen molar-refractivity contribution in [1.29, 1.82) is 0 Å². The van der Waals surface area contributed by atoms with Gasteiger partial charge in [0.25, 0.3) is 0 Å². The highest BCUT2D eigenvalue weighted by Crippen LogP contribution is 2.34. The third-order valence-electron chi connectivity index (χ3n) is 2.95. The molecule has 0 amide bonds. The fourth-order valence-electron chi connectivity index (χ4n) is 2.00. The number of fused-ring (bicyclic) bond motifs is 1. The molecule has 20 heavy (non-hydrogen) atoms. The van der Waals surface area contributed by atoms with E-state index >= 15 is 0 Å². The summed E-state index contributed by atoms with van der Waals surface area (Å²) in [5.74, 6) is 0.833. The molecule has 0 N–H and O–H groups in total. The van der Waals surface area contributed by atoms with Gasteiger partial charge < -0.3 is 4.74 Å². The van der Waals surface area contributed by atoms with Crippen LogP contribution in [-0.2, 0) is 0 Å². The Bertz CT molecular complexity index is 753. The van der Waals surface area contributed by atoms with Crippen LogP contribution in [0.25, 0.3) is 21.5 Å². The van der Waals surface area contributed by atoms with Gasteiger partial charge in [0.2, 0.25) is 0 Å². The second-order valence-corrected chi connectivity index (χ2v) is 6.20. The number of aromatic nitrogens is 3. The van der Waals surface area contributed by atoms with Crippen molar-refractivity contribution >= 4 is 33.3 Å². The second-order valence-electron chi connectivity index (χ2n) is 4.20. The van der Waals surface area contributed by atoms with E-state index in [1.54, 1.807) is 30.2 Å². The summed E-state index contributed by atoms with van der Waals surface area (Å²) in [4.78, 5) is 4.57. The molecule has 0 aliphatic carbocycles. The van der Waals surface area contributed by atoms with Gasteiger partial charge in [0, 0.05) is 5.56 Å². The van der Waals surface area contributed by atoms with Gasteiger partial charge in [-0.3, -0.25) is 0 Å². The van der Waals surface area contributed by atoms with Crippen LogP contribution >= 0.6 is 23.1 Å². The number of methoxy groups -OCH3 is 1. The first-order chi connectivity index (χ1) is 9.72. The van der Waals surface area contributed by atoms with Crippen LogP contribution in [0, 0.1) is 6.92 Å². The average molecular weight is 303 g/mol. The topological polar surface area (TPSA) is 47.9 Å². The summed E-state index contributed by atoms with van der Waals surface area (Å²) in [6.45, 7) is 2.01. The van der Waals surface area contributed by atoms with Crippen molar-refractivity contribution in [3.63, 3.8) is 0 Å². The Morgan fingerprint density at radius 3 is 2.55 bits per heavy atom. The maximum absolute atomic E-state index is 5.18. The Labute approximate surface area is 125 Å². The van der Waals surface area contributed by atoms with E-state index in [-0.39, 0.29) is 0 Å². The zero-order valence-corrected chi connectivity index (χ0v) is 13.0. The van der Waals surface area contributed by atoms with Crippen LogP contribution in [0.3, 0.4) is 0 Å². The normalized spacial score (nSPS) is 10.9. The van der Waals surface area contributed by atoms with E-state index in [0.717, 1.165) is 37.3 Å². The van der Waals surface area contributed by atoms with E-state index in [9.17, 15) is 0 Å². The van der Waals surface area contributed by atoms with E-state index in [2.05, 4.69) is 15.2 Å². The number of nitrogens with zero attached hydrogens (tertiary/aromatic N) is 3. The van der Waals surface area contributed by atoms with Crippen LogP contribution in [0.2, 0.25) is 0 Å². The molecule has 0 saturated carbocycles. The SMILES string of the molecule is COc1ccc(-c2nnc(SC)c3nc(C)sc23)cc1. The molecule has 3 rings (SSSR count). The van der Waals surface area contributed by atoms with Gasteiger partial charge in [-0.15, -0.1) is 33.3 Å². The van der Waals surface area contributed by atoms with Crippen LogP contribution in [0.4, 0.5) is 0 Å². The number of hydrogen-bond donors (Lipinski definition) is 0. The van der Waals surface area contributed by atoms with Crippen LogP contribution in [0.15, 0.2) is 29.3 Å². The van der Waals surface area contributed by atoms with Gasteiger partial charge in [-0.05, 0) is 37.4 Å². The van der Waals surface area contributed by atoms with Crippen molar-refractivity contribution in [3.05, 3.63) is 29.3 Å². The first-order valence-electron chi connectivity index (χ1n) is 6.05. The van der Waals surface area contributed by atoms with Crippen molar-refractivity contribution in [2.75, 3.05) is 13.4 Å². The van der Waals surface area contributed by atoms with Crippen molar-refractivity contribution in [2.45, 2.75) is 11.9 Å². The Morgan fingerprint density at radius 1 is 1.15 bits per heavy atom. The standard InChI is InChI=1S/C14H13N3OS2/c1-8-15-12-13(20-8)11(16-17-14(12)19-3)9-4-6-10(18-2)7-5-9/h4-7H,1-3H3. The van der Waals surface area contributed by atoms with Gasteiger partial charge >= 0.3 is 0 Å². The van der Waals surface area contributed by atoms with Crippen LogP contribution in [0.5, 0.6) is 5.75 Å². The highest BCUT2D eigenvalue weighted by molar-refractivity contribution is 7.98. The first kappa shape index (κ1) is 13.3. The van der Waals surface area contributed by atoms with Gasteiger partial charge in [-0.1, -0.05) is 0 Å². The van der Waals surface area contributed by atoms with Crippen molar-refractivity contribution in [1.82, 2.24) is 15.2 Å². The molecule has 1 aromatic carbocycles. The van der Waals surface area contributed by atoms with Crippen LogP contribution in [-0.4, -0.2) is 28.5 Å². The molecule has 0 radical (unpaired) electrons. The maximum Gasteiger partial charge on any atom is 0.146 e. The molecule has 4 nitrogen and oxygen atoms in total. The fourth-order valence-corrected chi connectivity index (χ4v) is 3.45. The number of benzene rings is 1. The molecule has 0 aliphatic rings. The van der Waals surface area contributed by atoms with Crippen molar-refractivity contribution < 1.29 is 4.74 Å². The Kier molecular flexibility index (Phi) is 3.58. The summed E-state index contributed by atoms with van der Waals surface area (Å²) < 4.78 is 6.27. The molecule has 2 heterocycles. The lowest BCUT2D eigenvalue weighted by molar-refractivity contribution is 0.415. The predicted octanol–water partition coefficient (Wildman–Crippen LogP) is 3.79. The second kappa shape index (κ2) is 5.38. The van der Waals surface area contributed by atoms with E-state index in [0.29, 0.717) is 0 Å². The smallest absolute Gasteiger partial charge is 0.146 e. The summed E-state index contributed by atoms with van der Waals surface area (Å²) >= 11 is 3.23. The van der Waals surface area contributed by atoms with Gasteiger partial charge in [-0.2, -0.15) is 0 Å². The molecule has 0 bridgehead atoms. The van der Waals surface area contributed by atoms with Crippen molar-refractivity contribution in [2.24, 2.45) is 0 Å². The highest BCUT2D eigenvalue weighted by atomic mass is 32.2. The number of hydrogen-bond acceptors (Lipinski definition) is 6. The largest absolute Gasteiger partial charge is 0.497 e. The predicted molar refractivity (Wildman–Crippen MR) is 83.7 cm³/mol. The Balaban J connectivity index is 2.20. The molecule has 0 saturated heterocycles. The zero-order valence-electron chi connectivity index (χ0n) is 11.4. The van der Waals surface area contributed by atoms with Gasteiger partial charge in [0.1, 0.15) is 22.0 Å². The number of thiazole rings is 1. The number of thioether (sulfide) groups is 1. The van der Waals surface area contributed by atoms with Gasteiger partial charge in [0.15, 0.2) is 0 Å². The highest BCUT2D eigenvalue weighted by Gasteiger charge is 2.14. The third kappa shape index (κ3) is 2.25. The summed E-state index contributed by atoms with van der Waals surface area (Å²) in [7, 11) is 1.66. The first-order valence-corrected chi connectivity index (χ1v) is 8.09. The molecular formula is C14H13N3OS2. The molecule has 6 heteroatoms. The quantitative estimate of drug-likeness (QED) is 0.689. The van der Waals surface area contributed by atoms with Gasteiger partial charge in [0.05, 0.1) is 16.8 Å². The molecule has 3 aromatic rings. The molecule has 2 aromatic heterocycles. The minimum atomic E-state index is 0.833. The molecule has 0 spiro atoms. The number of ether oxygens (including phenoxy) is 1. The lowest BCUT2D eigenvalue weighted by Crippen LogP contribution is -1.92. The molecule has 0 fully saturated rings. The number of aryl methyl sites for hydroxylation is 1. The van der Waals surface area contributed by atoms with E-state index in [1.807, 2.05) is 37.4 Å². The molecule has 0 atom stereocenters. The van der Waals surface area contributed by atoms with Crippen molar-refractivity contribution in [3.8, 4) is 17.0 Å². The number of rotatable bonds is 3. The monoisotopic (exact) mass is 303 g/mol. The van der Waals surface area contributed by atoms with E-state index in [4.69, 9.17) is 4.74 Å². The Morgan fingerprint density at radius 2 is 1.90 bits per heavy atom.